The lowest BCUT2D eigenvalue weighted by Crippen LogP contribution is -2.45. The zero-order valence-corrected chi connectivity index (χ0v) is 16.2. The van der Waals surface area contributed by atoms with Crippen molar-refractivity contribution < 1.29 is 9.47 Å². The predicted octanol–water partition coefficient (Wildman–Crippen LogP) is 2.76. The van der Waals surface area contributed by atoms with Crippen LogP contribution in [0.15, 0.2) is 42.5 Å². The fourth-order valence-electron chi connectivity index (χ4n) is 3.53. The average molecular weight is 355 g/mol. The molecule has 0 bridgehead atoms. The van der Waals surface area contributed by atoms with Gasteiger partial charge in [-0.15, -0.1) is 0 Å². The van der Waals surface area contributed by atoms with E-state index in [2.05, 4.69) is 65.6 Å². The third-order valence-electron chi connectivity index (χ3n) is 4.97. The average Bonchev–Trinajstić information content (AvgIpc) is 2.69. The van der Waals surface area contributed by atoms with Gasteiger partial charge in [-0.1, -0.05) is 18.2 Å². The van der Waals surface area contributed by atoms with Gasteiger partial charge in [0.25, 0.3) is 0 Å². The van der Waals surface area contributed by atoms with E-state index in [0.717, 1.165) is 37.7 Å². The monoisotopic (exact) mass is 355 g/mol. The Kier molecular flexibility index (Phi) is 6.01. The number of piperazine rings is 1. The summed E-state index contributed by atoms with van der Waals surface area (Å²) in [4.78, 5) is 4.66. The standard InChI is InChI=1S/C21H29N3O2/c1-23(2)18-8-5-16(6-9-18)21(24-13-11-22-12-14-24)17-7-10-19(25-3)20(15-17)26-4/h5-10,15,21-22H,11-14H2,1-4H3. The molecule has 5 nitrogen and oxygen atoms in total. The molecular weight excluding hydrogens is 326 g/mol. The van der Waals surface area contributed by atoms with Gasteiger partial charge < -0.3 is 19.7 Å². The molecule has 0 spiro atoms. The van der Waals surface area contributed by atoms with Gasteiger partial charge in [-0.2, -0.15) is 0 Å². The summed E-state index contributed by atoms with van der Waals surface area (Å²) in [5.74, 6) is 1.54. The number of rotatable bonds is 6. The van der Waals surface area contributed by atoms with Crippen LogP contribution in [0.5, 0.6) is 11.5 Å². The van der Waals surface area contributed by atoms with Crippen molar-refractivity contribution in [2.24, 2.45) is 0 Å². The van der Waals surface area contributed by atoms with Crippen molar-refractivity contribution in [1.29, 1.82) is 0 Å². The molecule has 5 heteroatoms. The smallest absolute Gasteiger partial charge is 0.161 e. The van der Waals surface area contributed by atoms with Crippen LogP contribution in [0.4, 0.5) is 5.69 Å². The first kappa shape index (κ1) is 18.5. The van der Waals surface area contributed by atoms with Crippen LogP contribution in [0.1, 0.15) is 17.2 Å². The van der Waals surface area contributed by atoms with Crippen molar-refractivity contribution in [2.75, 3.05) is 59.4 Å². The summed E-state index contributed by atoms with van der Waals surface area (Å²) in [5, 5.41) is 3.44. The summed E-state index contributed by atoms with van der Waals surface area (Å²) < 4.78 is 10.9. The van der Waals surface area contributed by atoms with Crippen molar-refractivity contribution >= 4 is 5.69 Å². The maximum Gasteiger partial charge on any atom is 0.161 e. The van der Waals surface area contributed by atoms with Crippen LogP contribution in [-0.2, 0) is 0 Å². The molecule has 1 saturated heterocycles. The van der Waals surface area contributed by atoms with Gasteiger partial charge in [0, 0.05) is 46.0 Å². The SMILES string of the molecule is COc1ccc(C(c2ccc(N(C)C)cc2)N2CCNCC2)cc1OC. The molecule has 1 fully saturated rings. The molecule has 0 amide bonds. The number of benzene rings is 2. The Morgan fingerprint density at radius 1 is 0.885 bits per heavy atom. The third kappa shape index (κ3) is 3.94. The number of hydrogen-bond donors (Lipinski definition) is 1. The molecule has 0 aliphatic carbocycles. The maximum atomic E-state index is 5.54. The van der Waals surface area contributed by atoms with Crippen molar-refractivity contribution in [3.63, 3.8) is 0 Å². The highest BCUT2D eigenvalue weighted by atomic mass is 16.5. The highest BCUT2D eigenvalue weighted by molar-refractivity contribution is 5.50. The molecular formula is C21H29N3O2. The molecule has 3 rings (SSSR count). The maximum absolute atomic E-state index is 5.54. The molecule has 1 atom stereocenters. The lowest BCUT2D eigenvalue weighted by atomic mass is 9.95. The fraction of sp³-hybridized carbons (Fsp3) is 0.429. The Morgan fingerprint density at radius 2 is 1.50 bits per heavy atom. The molecule has 0 saturated carbocycles. The molecule has 140 valence electrons. The van der Waals surface area contributed by atoms with Crippen LogP contribution in [-0.4, -0.2) is 59.4 Å². The van der Waals surface area contributed by atoms with Crippen LogP contribution >= 0.6 is 0 Å². The van der Waals surface area contributed by atoms with E-state index in [4.69, 9.17) is 9.47 Å². The normalized spacial score (nSPS) is 16.2. The van der Waals surface area contributed by atoms with Crippen LogP contribution in [0.25, 0.3) is 0 Å². The van der Waals surface area contributed by atoms with Crippen molar-refractivity contribution in [3.05, 3.63) is 53.6 Å². The van der Waals surface area contributed by atoms with Gasteiger partial charge in [-0.05, 0) is 35.4 Å². The van der Waals surface area contributed by atoms with Crippen LogP contribution in [0, 0.1) is 0 Å². The number of nitrogens with zero attached hydrogens (tertiary/aromatic N) is 2. The first-order valence-electron chi connectivity index (χ1n) is 9.08. The number of methoxy groups -OCH3 is 2. The van der Waals surface area contributed by atoms with Crippen LogP contribution in [0.3, 0.4) is 0 Å². The van der Waals surface area contributed by atoms with Crippen molar-refractivity contribution in [2.45, 2.75) is 6.04 Å². The van der Waals surface area contributed by atoms with Gasteiger partial charge in [0.1, 0.15) is 0 Å². The Labute approximate surface area is 156 Å². The zero-order valence-electron chi connectivity index (χ0n) is 16.2. The zero-order chi connectivity index (χ0) is 18.5. The first-order valence-corrected chi connectivity index (χ1v) is 9.08. The van der Waals surface area contributed by atoms with Gasteiger partial charge in [0.15, 0.2) is 11.5 Å². The van der Waals surface area contributed by atoms with E-state index < -0.39 is 0 Å². The molecule has 1 aliphatic heterocycles. The number of nitrogens with one attached hydrogen (secondary N) is 1. The minimum absolute atomic E-state index is 0.202. The summed E-state index contributed by atoms with van der Waals surface area (Å²) >= 11 is 0. The van der Waals surface area contributed by atoms with Crippen molar-refractivity contribution in [3.8, 4) is 11.5 Å². The number of ether oxygens (including phenoxy) is 2. The van der Waals surface area contributed by atoms with E-state index in [1.807, 2.05) is 6.07 Å². The second-order valence-corrected chi connectivity index (χ2v) is 6.79. The van der Waals surface area contributed by atoms with E-state index in [-0.39, 0.29) is 6.04 Å². The topological polar surface area (TPSA) is 37.0 Å². The van der Waals surface area contributed by atoms with Gasteiger partial charge in [0.05, 0.1) is 20.3 Å². The highest BCUT2D eigenvalue weighted by Gasteiger charge is 2.25. The summed E-state index contributed by atoms with van der Waals surface area (Å²) in [5.41, 5.74) is 3.73. The molecule has 1 unspecified atom stereocenters. The lowest BCUT2D eigenvalue weighted by molar-refractivity contribution is 0.198. The van der Waals surface area contributed by atoms with E-state index in [1.165, 1.54) is 16.8 Å². The van der Waals surface area contributed by atoms with Gasteiger partial charge in [0.2, 0.25) is 0 Å². The Morgan fingerprint density at radius 3 is 2.08 bits per heavy atom. The van der Waals surface area contributed by atoms with E-state index >= 15 is 0 Å². The Bertz CT molecular complexity index is 710. The summed E-state index contributed by atoms with van der Waals surface area (Å²) in [6.45, 7) is 4.07. The van der Waals surface area contributed by atoms with Gasteiger partial charge >= 0.3 is 0 Å². The quantitative estimate of drug-likeness (QED) is 0.862. The van der Waals surface area contributed by atoms with Crippen molar-refractivity contribution in [1.82, 2.24) is 10.2 Å². The van der Waals surface area contributed by atoms with E-state index in [9.17, 15) is 0 Å². The molecule has 26 heavy (non-hydrogen) atoms. The first-order chi connectivity index (χ1) is 12.6. The molecule has 0 radical (unpaired) electrons. The minimum atomic E-state index is 0.202. The van der Waals surface area contributed by atoms with Crippen LogP contribution < -0.4 is 19.7 Å². The summed E-state index contributed by atoms with van der Waals surface area (Å²) in [7, 11) is 7.49. The minimum Gasteiger partial charge on any atom is -0.493 e. The molecule has 1 N–H and O–H groups in total. The van der Waals surface area contributed by atoms with E-state index in [0.29, 0.717) is 0 Å². The van der Waals surface area contributed by atoms with Gasteiger partial charge in [-0.25, -0.2) is 0 Å². The molecule has 1 aliphatic rings. The molecule has 2 aromatic carbocycles. The van der Waals surface area contributed by atoms with Crippen LogP contribution in [0.2, 0.25) is 0 Å². The largest absolute Gasteiger partial charge is 0.493 e. The summed E-state index contributed by atoms with van der Waals surface area (Å²) in [6, 6.07) is 15.3. The molecule has 1 heterocycles. The Hall–Kier alpha value is -2.24. The van der Waals surface area contributed by atoms with E-state index in [1.54, 1.807) is 14.2 Å². The number of anilines is 1. The predicted molar refractivity (Wildman–Crippen MR) is 107 cm³/mol. The second kappa shape index (κ2) is 8.43. The summed E-state index contributed by atoms with van der Waals surface area (Å²) in [6.07, 6.45) is 0. The molecule has 0 aromatic heterocycles. The fourth-order valence-corrected chi connectivity index (χ4v) is 3.53. The lowest BCUT2D eigenvalue weighted by Gasteiger charge is -2.36. The number of hydrogen-bond acceptors (Lipinski definition) is 5. The second-order valence-electron chi connectivity index (χ2n) is 6.79. The third-order valence-corrected chi connectivity index (χ3v) is 4.97. The highest BCUT2D eigenvalue weighted by Crippen LogP contribution is 2.35. The van der Waals surface area contributed by atoms with Gasteiger partial charge in [-0.3, -0.25) is 4.90 Å². The molecule has 2 aromatic rings. The Balaban J connectivity index is 2.00.